The molecule has 1 amide bonds. The van der Waals surface area contributed by atoms with Crippen molar-refractivity contribution in [2.75, 3.05) is 13.1 Å². The van der Waals surface area contributed by atoms with Crippen LogP contribution in [0.25, 0.3) is 5.69 Å². The van der Waals surface area contributed by atoms with Crippen molar-refractivity contribution in [2.24, 2.45) is 11.7 Å². The zero-order valence-electron chi connectivity index (χ0n) is 13.4. The molecule has 2 unspecified atom stereocenters. The summed E-state index contributed by atoms with van der Waals surface area (Å²) in [5.41, 5.74) is 8.22. The second kappa shape index (κ2) is 6.45. The van der Waals surface area contributed by atoms with Crippen LogP contribution in [0.1, 0.15) is 29.4 Å². The third-order valence-corrected chi connectivity index (χ3v) is 5.04. The molecule has 6 heteroatoms. The molecule has 1 fully saturated rings. The van der Waals surface area contributed by atoms with Crippen molar-refractivity contribution in [3.63, 3.8) is 0 Å². The van der Waals surface area contributed by atoms with Crippen LogP contribution in [0.15, 0.2) is 34.9 Å². The van der Waals surface area contributed by atoms with E-state index >= 15 is 0 Å². The van der Waals surface area contributed by atoms with Crippen molar-refractivity contribution in [1.82, 2.24) is 14.7 Å². The maximum atomic E-state index is 12.9. The number of carbonyl (C=O) groups excluding carboxylic acids is 1. The van der Waals surface area contributed by atoms with Crippen molar-refractivity contribution >= 4 is 21.8 Å². The van der Waals surface area contributed by atoms with Gasteiger partial charge in [0.15, 0.2) is 0 Å². The number of nitrogens with zero attached hydrogens (tertiary/aromatic N) is 3. The van der Waals surface area contributed by atoms with Crippen molar-refractivity contribution in [3.8, 4) is 5.69 Å². The molecule has 1 saturated heterocycles. The lowest BCUT2D eigenvalue weighted by Gasteiger charge is -2.21. The fourth-order valence-electron chi connectivity index (χ4n) is 3.24. The van der Waals surface area contributed by atoms with Crippen LogP contribution in [-0.4, -0.2) is 39.7 Å². The molecule has 0 radical (unpaired) electrons. The second-order valence-corrected chi connectivity index (χ2v) is 7.09. The Labute approximate surface area is 144 Å². The summed E-state index contributed by atoms with van der Waals surface area (Å²) >= 11 is 3.47. The number of hydrogen-bond acceptors (Lipinski definition) is 3. The van der Waals surface area contributed by atoms with Crippen LogP contribution < -0.4 is 5.73 Å². The first-order valence-electron chi connectivity index (χ1n) is 7.83. The molecule has 0 spiro atoms. The molecule has 2 N–H and O–H groups in total. The fourth-order valence-corrected chi connectivity index (χ4v) is 3.63. The highest BCUT2D eigenvalue weighted by molar-refractivity contribution is 9.10. The van der Waals surface area contributed by atoms with Crippen LogP contribution in [0.5, 0.6) is 0 Å². The van der Waals surface area contributed by atoms with Crippen LogP contribution in [0.2, 0.25) is 0 Å². The lowest BCUT2D eigenvalue weighted by atomic mass is 10.1. The first-order valence-corrected chi connectivity index (χ1v) is 8.62. The summed E-state index contributed by atoms with van der Waals surface area (Å²) in [4.78, 5) is 14.8. The Balaban J connectivity index is 1.89. The third kappa shape index (κ3) is 3.05. The molecule has 2 atom stereocenters. The Kier molecular flexibility index (Phi) is 4.55. The van der Waals surface area contributed by atoms with Gasteiger partial charge in [-0.15, -0.1) is 0 Å². The van der Waals surface area contributed by atoms with Gasteiger partial charge in [-0.3, -0.25) is 4.79 Å². The van der Waals surface area contributed by atoms with Gasteiger partial charge in [0.1, 0.15) is 0 Å². The summed E-state index contributed by atoms with van der Waals surface area (Å²) in [6, 6.07) is 8.10. The summed E-state index contributed by atoms with van der Waals surface area (Å²) < 4.78 is 2.79. The number of benzene rings is 1. The molecule has 0 aliphatic carbocycles. The molecule has 0 saturated carbocycles. The van der Waals surface area contributed by atoms with Gasteiger partial charge in [-0.1, -0.05) is 22.0 Å². The van der Waals surface area contributed by atoms with E-state index < -0.39 is 0 Å². The zero-order chi connectivity index (χ0) is 16.6. The Morgan fingerprint density at radius 1 is 1.48 bits per heavy atom. The van der Waals surface area contributed by atoms with E-state index in [0.29, 0.717) is 18.0 Å². The molecular weight excluding hydrogens is 356 g/mol. The van der Waals surface area contributed by atoms with E-state index in [4.69, 9.17) is 5.73 Å². The Morgan fingerprint density at radius 3 is 2.91 bits per heavy atom. The van der Waals surface area contributed by atoms with Crippen LogP contribution >= 0.6 is 15.9 Å². The first kappa shape index (κ1) is 16.2. The van der Waals surface area contributed by atoms with E-state index in [1.165, 1.54) is 0 Å². The average Bonchev–Trinajstić information content (AvgIpc) is 3.09. The van der Waals surface area contributed by atoms with Gasteiger partial charge >= 0.3 is 0 Å². The predicted molar refractivity (Wildman–Crippen MR) is 93.7 cm³/mol. The SMILES string of the molecule is Cc1c(C(=O)N2CC(CN)CC2C)cnn1-c1cccc(Br)c1. The van der Waals surface area contributed by atoms with Gasteiger partial charge in [-0.05, 0) is 50.9 Å². The van der Waals surface area contributed by atoms with Crippen LogP contribution in [0.4, 0.5) is 0 Å². The average molecular weight is 377 g/mol. The molecular formula is C17H21BrN4O. The number of carbonyl (C=O) groups is 1. The maximum Gasteiger partial charge on any atom is 0.257 e. The molecule has 5 nitrogen and oxygen atoms in total. The fraction of sp³-hybridized carbons (Fsp3) is 0.412. The normalized spacial score (nSPS) is 21.0. The van der Waals surface area contributed by atoms with Gasteiger partial charge < -0.3 is 10.6 Å². The molecule has 23 heavy (non-hydrogen) atoms. The summed E-state index contributed by atoms with van der Waals surface area (Å²) in [7, 11) is 0. The van der Waals surface area contributed by atoms with Gasteiger partial charge in [-0.25, -0.2) is 4.68 Å². The van der Waals surface area contributed by atoms with E-state index in [9.17, 15) is 4.79 Å². The standard InChI is InChI=1S/C17H21BrN4O/c1-11-6-13(8-19)10-21(11)17(23)16-9-20-22(12(16)2)15-5-3-4-14(18)7-15/h3-5,7,9,11,13H,6,8,10,19H2,1-2H3. The highest BCUT2D eigenvalue weighted by atomic mass is 79.9. The van der Waals surface area contributed by atoms with Crippen LogP contribution in [0, 0.1) is 12.8 Å². The number of aromatic nitrogens is 2. The summed E-state index contributed by atoms with van der Waals surface area (Å²) in [5.74, 6) is 0.446. The highest BCUT2D eigenvalue weighted by Gasteiger charge is 2.33. The minimum atomic E-state index is 0.0483. The number of amides is 1. The van der Waals surface area contributed by atoms with E-state index in [-0.39, 0.29) is 11.9 Å². The maximum absolute atomic E-state index is 12.9. The smallest absolute Gasteiger partial charge is 0.257 e. The molecule has 2 aromatic rings. The summed E-state index contributed by atoms with van der Waals surface area (Å²) in [6.07, 6.45) is 2.64. The number of nitrogens with two attached hydrogens (primary N) is 1. The molecule has 2 heterocycles. The minimum absolute atomic E-state index is 0.0483. The zero-order valence-corrected chi connectivity index (χ0v) is 15.0. The molecule has 1 aromatic heterocycles. The quantitative estimate of drug-likeness (QED) is 0.895. The molecule has 1 aliphatic rings. The number of likely N-dealkylation sites (tertiary alicyclic amines) is 1. The Morgan fingerprint density at radius 2 is 2.26 bits per heavy atom. The number of rotatable bonds is 3. The topological polar surface area (TPSA) is 64.2 Å². The van der Waals surface area contributed by atoms with Crippen molar-refractivity contribution in [1.29, 1.82) is 0 Å². The van der Waals surface area contributed by atoms with Gasteiger partial charge in [-0.2, -0.15) is 5.10 Å². The van der Waals surface area contributed by atoms with E-state index in [2.05, 4.69) is 28.0 Å². The Bertz CT molecular complexity index is 727. The Hall–Kier alpha value is -1.66. The van der Waals surface area contributed by atoms with Crippen molar-refractivity contribution in [3.05, 3.63) is 46.2 Å². The summed E-state index contributed by atoms with van der Waals surface area (Å²) in [6.45, 7) is 5.38. The lowest BCUT2D eigenvalue weighted by Crippen LogP contribution is -2.34. The largest absolute Gasteiger partial charge is 0.335 e. The third-order valence-electron chi connectivity index (χ3n) is 4.55. The molecule has 1 aliphatic heterocycles. The lowest BCUT2D eigenvalue weighted by molar-refractivity contribution is 0.0742. The monoisotopic (exact) mass is 376 g/mol. The van der Waals surface area contributed by atoms with Gasteiger partial charge in [0, 0.05) is 17.1 Å². The van der Waals surface area contributed by atoms with Crippen molar-refractivity contribution < 1.29 is 4.79 Å². The molecule has 122 valence electrons. The molecule has 0 bridgehead atoms. The van der Waals surface area contributed by atoms with Gasteiger partial charge in [0.25, 0.3) is 5.91 Å². The van der Waals surface area contributed by atoms with E-state index in [1.54, 1.807) is 10.9 Å². The highest BCUT2D eigenvalue weighted by Crippen LogP contribution is 2.26. The second-order valence-electron chi connectivity index (χ2n) is 6.18. The molecule has 3 rings (SSSR count). The van der Waals surface area contributed by atoms with Crippen LogP contribution in [-0.2, 0) is 0 Å². The first-order chi connectivity index (χ1) is 11.0. The van der Waals surface area contributed by atoms with Gasteiger partial charge in [0.2, 0.25) is 0 Å². The van der Waals surface area contributed by atoms with E-state index in [0.717, 1.165) is 28.8 Å². The number of hydrogen-bond donors (Lipinski definition) is 1. The minimum Gasteiger partial charge on any atom is -0.335 e. The van der Waals surface area contributed by atoms with Crippen molar-refractivity contribution in [2.45, 2.75) is 26.3 Å². The van der Waals surface area contributed by atoms with Gasteiger partial charge in [0.05, 0.1) is 23.1 Å². The van der Waals surface area contributed by atoms with E-state index in [1.807, 2.05) is 36.1 Å². The predicted octanol–water partition coefficient (Wildman–Crippen LogP) is 2.75. The van der Waals surface area contributed by atoms with Crippen LogP contribution in [0.3, 0.4) is 0 Å². The molecule has 1 aromatic carbocycles. The number of halogens is 1. The summed E-state index contributed by atoms with van der Waals surface area (Å²) in [5, 5.41) is 4.41.